The van der Waals surface area contributed by atoms with Gasteiger partial charge in [0, 0.05) is 16.9 Å². The van der Waals surface area contributed by atoms with Crippen LogP contribution in [0.4, 0.5) is 11.4 Å². The third-order valence-corrected chi connectivity index (χ3v) is 4.67. The molecule has 6 heteroatoms. The maximum atomic E-state index is 12.0. The summed E-state index contributed by atoms with van der Waals surface area (Å²) in [5, 5.41) is 3.83. The first-order chi connectivity index (χ1) is 13.5. The molecule has 0 bridgehead atoms. The molecular weight excluding hydrogens is 395 g/mol. The highest BCUT2D eigenvalue weighted by molar-refractivity contribution is 6.32. The molecule has 1 amide bonds. The van der Waals surface area contributed by atoms with E-state index >= 15 is 0 Å². The van der Waals surface area contributed by atoms with E-state index in [4.69, 9.17) is 27.9 Å². The number of carbonyl (C=O) groups is 1. The number of benzene rings is 3. The Morgan fingerprint density at radius 1 is 1.04 bits per heavy atom. The van der Waals surface area contributed by atoms with Crippen LogP contribution in [0.3, 0.4) is 0 Å². The molecule has 142 valence electrons. The van der Waals surface area contributed by atoms with Gasteiger partial charge in [-0.2, -0.15) is 0 Å². The quantitative estimate of drug-likeness (QED) is 0.499. The maximum Gasteiger partial charge on any atom is 0.262 e. The summed E-state index contributed by atoms with van der Waals surface area (Å²) in [6, 6.07) is 20.0. The number of hydrogen-bond acceptors (Lipinski definition) is 3. The van der Waals surface area contributed by atoms with Crippen LogP contribution in [-0.4, -0.2) is 18.7 Å². The van der Waals surface area contributed by atoms with Crippen LogP contribution < -0.4 is 10.1 Å². The van der Waals surface area contributed by atoms with Crippen LogP contribution in [0.1, 0.15) is 11.1 Å². The lowest BCUT2D eigenvalue weighted by atomic mass is 10.2. The van der Waals surface area contributed by atoms with E-state index in [-0.39, 0.29) is 12.5 Å². The smallest absolute Gasteiger partial charge is 0.262 e. The van der Waals surface area contributed by atoms with Crippen molar-refractivity contribution in [2.75, 3.05) is 11.9 Å². The van der Waals surface area contributed by atoms with Crippen LogP contribution in [0, 0.1) is 6.92 Å². The Hall–Kier alpha value is -2.82. The lowest BCUT2D eigenvalue weighted by Crippen LogP contribution is -2.20. The van der Waals surface area contributed by atoms with E-state index in [9.17, 15) is 4.79 Å². The fourth-order valence-corrected chi connectivity index (χ4v) is 2.87. The molecule has 0 saturated carbocycles. The monoisotopic (exact) mass is 412 g/mol. The fourth-order valence-electron chi connectivity index (χ4n) is 2.46. The summed E-state index contributed by atoms with van der Waals surface area (Å²) in [7, 11) is 0. The molecule has 0 spiro atoms. The molecule has 0 aliphatic rings. The Bertz CT molecular complexity index is 1000. The molecule has 0 radical (unpaired) electrons. The van der Waals surface area contributed by atoms with Crippen molar-refractivity contribution in [3.63, 3.8) is 0 Å². The second kappa shape index (κ2) is 9.40. The van der Waals surface area contributed by atoms with E-state index in [0.717, 1.165) is 16.8 Å². The molecule has 0 heterocycles. The SMILES string of the molecule is Cc1c(Cl)cccc1N=Cc1ccc(OCC(=O)Nc2ccccc2)c(Cl)c1. The van der Waals surface area contributed by atoms with Crippen LogP contribution in [0.15, 0.2) is 71.7 Å². The second-order valence-electron chi connectivity index (χ2n) is 6.03. The Balaban J connectivity index is 1.61. The maximum absolute atomic E-state index is 12.0. The molecule has 1 N–H and O–H groups in total. The number of ether oxygens (including phenoxy) is 1. The van der Waals surface area contributed by atoms with Gasteiger partial charge in [0.1, 0.15) is 5.75 Å². The van der Waals surface area contributed by atoms with Crippen molar-refractivity contribution in [2.24, 2.45) is 4.99 Å². The zero-order valence-electron chi connectivity index (χ0n) is 15.2. The zero-order valence-corrected chi connectivity index (χ0v) is 16.7. The third-order valence-electron chi connectivity index (χ3n) is 3.96. The number of carbonyl (C=O) groups excluding carboxylic acids is 1. The molecule has 4 nitrogen and oxygen atoms in total. The minimum atomic E-state index is -0.260. The summed E-state index contributed by atoms with van der Waals surface area (Å²) in [6.45, 7) is 1.78. The predicted octanol–water partition coefficient (Wildman–Crippen LogP) is 6.07. The lowest BCUT2D eigenvalue weighted by Gasteiger charge is -2.09. The van der Waals surface area contributed by atoms with E-state index < -0.39 is 0 Å². The van der Waals surface area contributed by atoms with Gasteiger partial charge in [0.05, 0.1) is 10.7 Å². The molecule has 0 unspecified atom stereocenters. The summed E-state index contributed by atoms with van der Waals surface area (Å²) in [6.07, 6.45) is 1.70. The molecule has 3 rings (SSSR count). The number of nitrogens with one attached hydrogen (secondary N) is 1. The molecule has 28 heavy (non-hydrogen) atoms. The minimum absolute atomic E-state index is 0.135. The van der Waals surface area contributed by atoms with Gasteiger partial charge in [0.15, 0.2) is 6.61 Å². The average molecular weight is 413 g/mol. The first-order valence-electron chi connectivity index (χ1n) is 8.59. The van der Waals surface area contributed by atoms with Crippen molar-refractivity contribution in [2.45, 2.75) is 6.92 Å². The van der Waals surface area contributed by atoms with Crippen molar-refractivity contribution in [1.29, 1.82) is 0 Å². The molecule has 0 aliphatic heterocycles. The normalized spacial score (nSPS) is 10.8. The summed E-state index contributed by atoms with van der Waals surface area (Å²) >= 11 is 12.4. The predicted molar refractivity (Wildman–Crippen MR) is 115 cm³/mol. The highest BCUT2D eigenvalue weighted by Crippen LogP contribution is 2.27. The van der Waals surface area contributed by atoms with E-state index in [2.05, 4.69) is 10.3 Å². The summed E-state index contributed by atoms with van der Waals surface area (Å²) < 4.78 is 5.52. The van der Waals surface area contributed by atoms with E-state index in [1.807, 2.05) is 49.4 Å². The molecule has 0 fully saturated rings. The molecule has 3 aromatic carbocycles. The first kappa shape index (κ1) is 19.9. The summed E-state index contributed by atoms with van der Waals surface area (Å²) in [5.74, 6) is 0.172. The summed E-state index contributed by atoms with van der Waals surface area (Å²) in [4.78, 5) is 16.4. The number of amides is 1. The number of hydrogen-bond donors (Lipinski definition) is 1. The average Bonchev–Trinajstić information content (AvgIpc) is 2.69. The standard InChI is InChI=1S/C22H18Cl2N2O2/c1-15-18(23)8-5-9-20(15)25-13-16-10-11-21(19(24)12-16)28-14-22(27)26-17-6-3-2-4-7-17/h2-13H,14H2,1H3,(H,26,27). The van der Waals surface area contributed by atoms with Gasteiger partial charge in [0.25, 0.3) is 5.91 Å². The van der Waals surface area contributed by atoms with Crippen molar-refractivity contribution in [3.05, 3.63) is 87.9 Å². The van der Waals surface area contributed by atoms with Gasteiger partial charge in [-0.1, -0.05) is 47.5 Å². The topological polar surface area (TPSA) is 50.7 Å². The number of anilines is 1. The number of nitrogens with zero attached hydrogens (tertiary/aromatic N) is 1. The number of rotatable bonds is 6. The van der Waals surface area contributed by atoms with Gasteiger partial charge < -0.3 is 10.1 Å². The van der Waals surface area contributed by atoms with Crippen molar-refractivity contribution >= 4 is 46.7 Å². The van der Waals surface area contributed by atoms with Gasteiger partial charge in [-0.05, 0) is 60.5 Å². The first-order valence-corrected chi connectivity index (χ1v) is 9.35. The molecule has 0 aromatic heterocycles. The van der Waals surface area contributed by atoms with Crippen LogP contribution in [-0.2, 0) is 4.79 Å². The molecule has 0 aliphatic carbocycles. The van der Waals surface area contributed by atoms with E-state index in [1.165, 1.54) is 0 Å². The van der Waals surface area contributed by atoms with Crippen molar-refractivity contribution < 1.29 is 9.53 Å². The van der Waals surface area contributed by atoms with Crippen LogP contribution >= 0.6 is 23.2 Å². The molecule has 3 aromatic rings. The lowest BCUT2D eigenvalue weighted by molar-refractivity contribution is -0.118. The Kier molecular flexibility index (Phi) is 6.69. The fraction of sp³-hybridized carbons (Fsp3) is 0.0909. The Morgan fingerprint density at radius 3 is 2.57 bits per heavy atom. The number of halogens is 2. The van der Waals surface area contributed by atoms with Crippen molar-refractivity contribution in [3.8, 4) is 5.75 Å². The largest absolute Gasteiger partial charge is 0.482 e. The van der Waals surface area contributed by atoms with Gasteiger partial charge in [0.2, 0.25) is 0 Å². The van der Waals surface area contributed by atoms with Crippen LogP contribution in [0.5, 0.6) is 5.75 Å². The molecule has 0 saturated heterocycles. The minimum Gasteiger partial charge on any atom is -0.482 e. The van der Waals surface area contributed by atoms with Gasteiger partial charge in [-0.15, -0.1) is 0 Å². The number of aliphatic imine (C=N–C) groups is 1. The Morgan fingerprint density at radius 2 is 1.82 bits per heavy atom. The molecule has 0 atom stereocenters. The van der Waals surface area contributed by atoms with E-state index in [0.29, 0.717) is 21.5 Å². The van der Waals surface area contributed by atoms with Crippen LogP contribution in [0.25, 0.3) is 0 Å². The van der Waals surface area contributed by atoms with Crippen LogP contribution in [0.2, 0.25) is 10.0 Å². The zero-order chi connectivity index (χ0) is 19.9. The second-order valence-corrected chi connectivity index (χ2v) is 6.85. The van der Waals surface area contributed by atoms with Crippen molar-refractivity contribution in [1.82, 2.24) is 0 Å². The number of para-hydroxylation sites is 1. The Labute approximate surface area is 173 Å². The van der Waals surface area contributed by atoms with Gasteiger partial charge >= 0.3 is 0 Å². The highest BCUT2D eigenvalue weighted by atomic mass is 35.5. The van der Waals surface area contributed by atoms with Gasteiger partial charge in [-0.3, -0.25) is 9.79 Å². The molecular formula is C22H18Cl2N2O2. The van der Waals surface area contributed by atoms with E-state index in [1.54, 1.807) is 30.5 Å². The van der Waals surface area contributed by atoms with Gasteiger partial charge in [-0.25, -0.2) is 0 Å². The third kappa shape index (κ3) is 5.35. The highest BCUT2D eigenvalue weighted by Gasteiger charge is 2.07. The summed E-state index contributed by atoms with van der Waals surface area (Å²) in [5.41, 5.74) is 3.23.